The third-order valence-electron chi connectivity index (χ3n) is 3.57. The summed E-state index contributed by atoms with van der Waals surface area (Å²) in [4.78, 5) is 12.0. The highest BCUT2D eigenvalue weighted by Gasteiger charge is 2.16. The van der Waals surface area contributed by atoms with E-state index in [4.69, 9.17) is 11.6 Å². The zero-order chi connectivity index (χ0) is 17.0. The molecule has 0 radical (unpaired) electrons. The number of halogens is 3. The van der Waals surface area contributed by atoms with Gasteiger partial charge in [0.2, 0.25) is 0 Å². The molecule has 3 nitrogen and oxygen atoms in total. The summed E-state index contributed by atoms with van der Waals surface area (Å²) in [5.74, 6) is -1.43. The fraction of sp³-hybridized carbons (Fsp3) is 0.235. The summed E-state index contributed by atoms with van der Waals surface area (Å²) < 4.78 is 26.6. The Morgan fingerprint density at radius 3 is 2.65 bits per heavy atom. The number of anilines is 1. The molecule has 0 aliphatic heterocycles. The van der Waals surface area contributed by atoms with Crippen LogP contribution in [0.15, 0.2) is 36.4 Å². The number of benzene rings is 2. The van der Waals surface area contributed by atoms with Crippen molar-refractivity contribution in [1.29, 1.82) is 0 Å². The first-order chi connectivity index (χ1) is 10.9. The standard InChI is InChI=1S/C17H17ClF2N2O/c1-10-7-12(18)3-6-16(10)22-17(23)9-21-11(2)14-5-4-13(19)8-15(14)20/h3-8,11,21H,9H2,1-2H3,(H,22,23)/p+1/t11-/m1/s1. The predicted octanol–water partition coefficient (Wildman–Crippen LogP) is 3.19. The second-order valence-corrected chi connectivity index (χ2v) is 5.84. The minimum Gasteiger partial charge on any atom is -0.332 e. The highest BCUT2D eigenvalue weighted by Crippen LogP contribution is 2.19. The number of carbonyl (C=O) groups is 1. The van der Waals surface area contributed by atoms with Gasteiger partial charge in [0.25, 0.3) is 5.91 Å². The van der Waals surface area contributed by atoms with Crippen LogP contribution < -0.4 is 10.6 Å². The molecular formula is C17H18ClF2N2O+. The third-order valence-corrected chi connectivity index (χ3v) is 3.81. The van der Waals surface area contributed by atoms with Crippen LogP contribution in [-0.4, -0.2) is 12.5 Å². The van der Waals surface area contributed by atoms with E-state index in [-0.39, 0.29) is 18.5 Å². The molecule has 6 heteroatoms. The maximum Gasteiger partial charge on any atom is 0.279 e. The number of hydrogen-bond acceptors (Lipinski definition) is 1. The molecule has 0 aromatic heterocycles. The first-order valence-corrected chi connectivity index (χ1v) is 7.59. The van der Waals surface area contributed by atoms with Gasteiger partial charge in [-0.05, 0) is 49.7 Å². The molecule has 0 heterocycles. The van der Waals surface area contributed by atoms with Crippen molar-refractivity contribution < 1.29 is 18.9 Å². The van der Waals surface area contributed by atoms with Crippen molar-refractivity contribution in [2.24, 2.45) is 0 Å². The van der Waals surface area contributed by atoms with E-state index in [2.05, 4.69) is 5.32 Å². The molecule has 0 fully saturated rings. The van der Waals surface area contributed by atoms with E-state index in [1.54, 1.807) is 30.4 Å². The van der Waals surface area contributed by atoms with Crippen LogP contribution in [0.2, 0.25) is 5.02 Å². The van der Waals surface area contributed by atoms with Crippen LogP contribution >= 0.6 is 11.6 Å². The maximum atomic E-state index is 13.7. The first kappa shape index (κ1) is 17.4. The molecule has 0 unspecified atom stereocenters. The molecule has 0 saturated carbocycles. The molecule has 1 amide bonds. The lowest BCUT2D eigenvalue weighted by molar-refractivity contribution is -0.682. The summed E-state index contributed by atoms with van der Waals surface area (Å²) in [6, 6.07) is 8.34. The molecule has 3 N–H and O–H groups in total. The van der Waals surface area contributed by atoms with E-state index >= 15 is 0 Å². The highest BCUT2D eigenvalue weighted by molar-refractivity contribution is 6.30. The van der Waals surface area contributed by atoms with Crippen molar-refractivity contribution >= 4 is 23.2 Å². The molecule has 2 aromatic rings. The quantitative estimate of drug-likeness (QED) is 0.863. The molecule has 0 aliphatic carbocycles. The smallest absolute Gasteiger partial charge is 0.279 e. The third kappa shape index (κ3) is 4.74. The van der Waals surface area contributed by atoms with Crippen LogP contribution in [0.3, 0.4) is 0 Å². The molecule has 2 aromatic carbocycles. The molecule has 122 valence electrons. The van der Waals surface area contributed by atoms with Crippen LogP contribution in [0.25, 0.3) is 0 Å². The van der Waals surface area contributed by atoms with Crippen molar-refractivity contribution in [2.45, 2.75) is 19.9 Å². The Morgan fingerprint density at radius 2 is 2.00 bits per heavy atom. The zero-order valence-electron chi connectivity index (χ0n) is 12.9. The van der Waals surface area contributed by atoms with Crippen molar-refractivity contribution in [3.8, 4) is 0 Å². The molecule has 23 heavy (non-hydrogen) atoms. The molecule has 0 saturated heterocycles. The molecule has 1 atom stereocenters. The summed E-state index contributed by atoms with van der Waals surface area (Å²) in [7, 11) is 0. The summed E-state index contributed by atoms with van der Waals surface area (Å²) >= 11 is 5.87. The second-order valence-electron chi connectivity index (χ2n) is 5.40. The molecular weight excluding hydrogens is 322 g/mol. The predicted molar refractivity (Wildman–Crippen MR) is 86.4 cm³/mol. The number of rotatable bonds is 5. The normalized spacial score (nSPS) is 12.0. The van der Waals surface area contributed by atoms with E-state index in [9.17, 15) is 13.6 Å². The van der Waals surface area contributed by atoms with Crippen LogP contribution in [0.1, 0.15) is 24.1 Å². The van der Waals surface area contributed by atoms with Gasteiger partial charge in [0.1, 0.15) is 17.7 Å². The van der Waals surface area contributed by atoms with Gasteiger partial charge in [-0.25, -0.2) is 8.78 Å². The summed E-state index contributed by atoms with van der Waals surface area (Å²) in [5.41, 5.74) is 1.92. The lowest BCUT2D eigenvalue weighted by atomic mass is 10.1. The molecule has 0 aliphatic rings. The Morgan fingerprint density at radius 1 is 1.26 bits per heavy atom. The number of nitrogens with two attached hydrogens (primary N) is 1. The average molecular weight is 340 g/mol. The van der Waals surface area contributed by atoms with Crippen LogP contribution in [0, 0.1) is 18.6 Å². The first-order valence-electron chi connectivity index (χ1n) is 7.21. The minimum atomic E-state index is -0.616. The lowest BCUT2D eigenvalue weighted by Gasteiger charge is -2.13. The van der Waals surface area contributed by atoms with Gasteiger partial charge in [0.05, 0.1) is 0 Å². The SMILES string of the molecule is Cc1cc(Cl)ccc1NC(=O)C[NH2+][C@H](C)c1ccc(F)cc1F. The van der Waals surface area contributed by atoms with Crippen molar-refractivity contribution in [3.05, 3.63) is 64.2 Å². The lowest BCUT2D eigenvalue weighted by Crippen LogP contribution is -2.86. The molecule has 2 rings (SSSR count). The second kappa shape index (κ2) is 7.53. The Kier molecular flexibility index (Phi) is 5.69. The topological polar surface area (TPSA) is 45.7 Å². The van der Waals surface area contributed by atoms with Gasteiger partial charge >= 0.3 is 0 Å². The fourth-order valence-corrected chi connectivity index (χ4v) is 2.48. The number of nitrogens with one attached hydrogen (secondary N) is 1. The van der Waals surface area contributed by atoms with E-state index in [0.29, 0.717) is 16.3 Å². The van der Waals surface area contributed by atoms with Crippen LogP contribution in [0.5, 0.6) is 0 Å². The summed E-state index contributed by atoms with van der Waals surface area (Å²) in [6.45, 7) is 3.74. The number of aryl methyl sites for hydroxylation is 1. The Balaban J connectivity index is 1.93. The summed E-state index contributed by atoms with van der Waals surface area (Å²) in [6.07, 6.45) is 0. The van der Waals surface area contributed by atoms with E-state index in [1.165, 1.54) is 12.1 Å². The Hall–Kier alpha value is -1.98. The Bertz CT molecular complexity index is 722. The highest BCUT2D eigenvalue weighted by atomic mass is 35.5. The van der Waals surface area contributed by atoms with E-state index in [0.717, 1.165) is 11.6 Å². The molecule has 0 bridgehead atoms. The van der Waals surface area contributed by atoms with Gasteiger partial charge in [-0.1, -0.05) is 11.6 Å². The van der Waals surface area contributed by atoms with Crippen molar-refractivity contribution in [3.63, 3.8) is 0 Å². The van der Waals surface area contributed by atoms with Crippen molar-refractivity contribution in [1.82, 2.24) is 0 Å². The number of hydrogen-bond donors (Lipinski definition) is 2. The van der Waals surface area contributed by atoms with Gasteiger partial charge in [-0.15, -0.1) is 0 Å². The van der Waals surface area contributed by atoms with E-state index < -0.39 is 11.6 Å². The number of carbonyl (C=O) groups excluding carboxylic acids is 1. The largest absolute Gasteiger partial charge is 0.332 e. The monoisotopic (exact) mass is 339 g/mol. The summed E-state index contributed by atoms with van der Waals surface area (Å²) in [5, 5.41) is 5.08. The zero-order valence-corrected chi connectivity index (χ0v) is 13.6. The van der Waals surface area contributed by atoms with Gasteiger partial charge in [-0.3, -0.25) is 4.79 Å². The number of amides is 1. The average Bonchev–Trinajstić information content (AvgIpc) is 2.48. The molecule has 0 spiro atoms. The van der Waals surface area contributed by atoms with E-state index in [1.807, 2.05) is 6.92 Å². The van der Waals surface area contributed by atoms with Crippen LogP contribution in [0.4, 0.5) is 14.5 Å². The van der Waals surface area contributed by atoms with Gasteiger partial charge in [0.15, 0.2) is 6.54 Å². The minimum absolute atomic E-state index is 0.125. The van der Waals surface area contributed by atoms with Gasteiger partial charge < -0.3 is 10.6 Å². The number of quaternary nitrogens is 1. The Labute approximate surface area is 138 Å². The van der Waals surface area contributed by atoms with Gasteiger partial charge in [0, 0.05) is 22.3 Å². The fourth-order valence-electron chi connectivity index (χ4n) is 2.25. The maximum absolute atomic E-state index is 13.7. The van der Waals surface area contributed by atoms with Crippen LogP contribution in [-0.2, 0) is 4.79 Å². The van der Waals surface area contributed by atoms with Gasteiger partial charge in [-0.2, -0.15) is 0 Å². The van der Waals surface area contributed by atoms with Crippen molar-refractivity contribution in [2.75, 3.05) is 11.9 Å².